The van der Waals surface area contributed by atoms with E-state index in [0.29, 0.717) is 21.9 Å². The first-order chi connectivity index (χ1) is 14.4. The van der Waals surface area contributed by atoms with Crippen molar-refractivity contribution in [3.05, 3.63) is 75.9 Å². The van der Waals surface area contributed by atoms with Crippen LogP contribution in [0.1, 0.15) is 22.5 Å². The van der Waals surface area contributed by atoms with Crippen molar-refractivity contribution in [3.8, 4) is 5.75 Å². The number of benzene rings is 2. The predicted molar refractivity (Wildman–Crippen MR) is 117 cm³/mol. The van der Waals surface area contributed by atoms with Gasteiger partial charge in [-0.25, -0.2) is 14.1 Å². The second kappa shape index (κ2) is 8.49. The Morgan fingerprint density at radius 3 is 2.77 bits per heavy atom. The predicted octanol–water partition coefficient (Wildman–Crippen LogP) is 4.82. The van der Waals surface area contributed by atoms with E-state index in [0.717, 1.165) is 22.0 Å². The number of hydrogen-bond donors (Lipinski definition) is 1. The second-order valence-corrected chi connectivity index (χ2v) is 8.09. The van der Waals surface area contributed by atoms with Gasteiger partial charge in [-0.1, -0.05) is 47.6 Å². The molecule has 2 heterocycles. The van der Waals surface area contributed by atoms with Crippen LogP contribution in [0.25, 0.3) is 10.9 Å². The maximum atomic E-state index is 13.7. The van der Waals surface area contributed by atoms with Crippen molar-refractivity contribution in [1.29, 1.82) is 0 Å². The van der Waals surface area contributed by atoms with E-state index in [1.807, 2.05) is 19.1 Å². The molecule has 4 rings (SSSR count). The summed E-state index contributed by atoms with van der Waals surface area (Å²) in [5, 5.41) is 10.1. The molecule has 0 fully saturated rings. The minimum absolute atomic E-state index is 0.00189. The Labute approximate surface area is 182 Å². The highest BCUT2D eigenvalue weighted by atomic mass is 35.5. The smallest absolute Gasteiger partial charge is 0.210 e. The fourth-order valence-electron chi connectivity index (χ4n) is 2.96. The first kappa shape index (κ1) is 20.4. The zero-order valence-corrected chi connectivity index (χ0v) is 18.0. The molecule has 154 valence electrons. The number of fused-ring (bicyclic) bond motifs is 1. The molecule has 2 aromatic heterocycles. The molecule has 0 aliphatic heterocycles. The van der Waals surface area contributed by atoms with Crippen LogP contribution in [0.3, 0.4) is 0 Å². The number of nitrogens with two attached hydrogens (primary N) is 1. The lowest BCUT2D eigenvalue weighted by Gasteiger charge is -2.09. The van der Waals surface area contributed by atoms with Crippen molar-refractivity contribution in [1.82, 2.24) is 19.9 Å². The summed E-state index contributed by atoms with van der Waals surface area (Å²) in [6.07, 6.45) is 0. The lowest BCUT2D eigenvalue weighted by molar-refractivity contribution is 0.277. The number of para-hydroxylation sites is 1. The van der Waals surface area contributed by atoms with Gasteiger partial charge in [0.2, 0.25) is 5.16 Å². The van der Waals surface area contributed by atoms with Crippen LogP contribution in [0, 0.1) is 19.7 Å². The van der Waals surface area contributed by atoms with Gasteiger partial charge in [0.25, 0.3) is 0 Å². The number of halogens is 2. The van der Waals surface area contributed by atoms with Gasteiger partial charge < -0.3 is 10.6 Å². The Morgan fingerprint density at radius 1 is 1.17 bits per heavy atom. The van der Waals surface area contributed by atoms with E-state index >= 15 is 0 Å². The average molecular weight is 444 g/mol. The number of aryl methyl sites for hydroxylation is 2. The summed E-state index contributed by atoms with van der Waals surface area (Å²) >= 11 is 7.80. The molecule has 6 nitrogen and oxygen atoms in total. The second-order valence-electron chi connectivity index (χ2n) is 6.79. The minimum atomic E-state index is -0.445. The largest absolute Gasteiger partial charge is 0.482 e. The first-order valence-corrected chi connectivity index (χ1v) is 10.5. The van der Waals surface area contributed by atoms with Crippen molar-refractivity contribution in [2.45, 2.75) is 31.4 Å². The van der Waals surface area contributed by atoms with Gasteiger partial charge in [0.15, 0.2) is 17.4 Å². The van der Waals surface area contributed by atoms with Crippen molar-refractivity contribution < 1.29 is 9.13 Å². The third-order valence-electron chi connectivity index (χ3n) is 4.82. The monoisotopic (exact) mass is 443 g/mol. The molecule has 2 aromatic carbocycles. The molecule has 0 aliphatic carbocycles. The third kappa shape index (κ3) is 4.06. The van der Waals surface area contributed by atoms with Gasteiger partial charge >= 0.3 is 0 Å². The number of hydrogen-bond acceptors (Lipinski definition) is 6. The molecule has 0 radical (unpaired) electrons. The van der Waals surface area contributed by atoms with Crippen LogP contribution in [0.5, 0.6) is 5.75 Å². The van der Waals surface area contributed by atoms with Gasteiger partial charge in [0.1, 0.15) is 11.8 Å². The maximum absolute atomic E-state index is 13.7. The van der Waals surface area contributed by atoms with Gasteiger partial charge in [-0.15, -0.1) is 10.2 Å². The van der Waals surface area contributed by atoms with Crippen LogP contribution in [-0.2, 0) is 12.4 Å². The number of nitrogen functional groups attached to an aromatic ring is 1. The maximum Gasteiger partial charge on any atom is 0.210 e. The van der Waals surface area contributed by atoms with Crippen LogP contribution < -0.4 is 10.6 Å². The molecule has 0 aliphatic rings. The SMILES string of the molecule is Cc1ccc2cc(CSc3nnc(COc4ccccc4F)n3N)c(Cl)nc2c1C. The number of pyridine rings is 1. The molecule has 0 atom stereocenters. The Balaban J connectivity index is 1.47. The summed E-state index contributed by atoms with van der Waals surface area (Å²) < 4.78 is 20.5. The quantitative estimate of drug-likeness (QED) is 0.261. The van der Waals surface area contributed by atoms with E-state index in [9.17, 15) is 4.39 Å². The number of thioether (sulfide) groups is 1. The molecule has 0 bridgehead atoms. The third-order valence-corrected chi connectivity index (χ3v) is 6.14. The molecule has 0 saturated carbocycles. The minimum Gasteiger partial charge on any atom is -0.482 e. The molecule has 0 amide bonds. The Hall–Kier alpha value is -2.84. The number of ether oxygens (including phenoxy) is 1. The van der Waals surface area contributed by atoms with Crippen LogP contribution >= 0.6 is 23.4 Å². The highest BCUT2D eigenvalue weighted by molar-refractivity contribution is 7.98. The molecule has 0 saturated heterocycles. The molecule has 4 aromatic rings. The van der Waals surface area contributed by atoms with Gasteiger partial charge in [-0.2, -0.15) is 0 Å². The Kier molecular flexibility index (Phi) is 5.78. The zero-order valence-electron chi connectivity index (χ0n) is 16.4. The van der Waals surface area contributed by atoms with E-state index in [4.69, 9.17) is 22.2 Å². The molecular formula is C21H19ClFN5OS. The molecular weight excluding hydrogens is 425 g/mol. The standard InChI is InChI=1S/C21H19ClFN5OS/c1-12-7-8-14-9-15(20(22)25-19(14)13(12)2)11-30-21-27-26-18(28(21)24)10-29-17-6-4-3-5-16(17)23/h3-9H,10-11,24H2,1-2H3. The molecule has 9 heteroatoms. The summed E-state index contributed by atoms with van der Waals surface area (Å²) in [6, 6.07) is 12.3. The van der Waals surface area contributed by atoms with Gasteiger partial charge in [0, 0.05) is 16.7 Å². The summed E-state index contributed by atoms with van der Waals surface area (Å²) in [6.45, 7) is 4.09. The van der Waals surface area contributed by atoms with E-state index < -0.39 is 5.82 Å². The number of rotatable bonds is 6. The van der Waals surface area contributed by atoms with Crippen LogP contribution in [-0.4, -0.2) is 19.9 Å². The Bertz CT molecular complexity index is 1230. The van der Waals surface area contributed by atoms with E-state index in [1.165, 1.54) is 28.1 Å². The van der Waals surface area contributed by atoms with Gasteiger partial charge in [0.05, 0.1) is 5.52 Å². The van der Waals surface area contributed by atoms with Crippen LogP contribution in [0.15, 0.2) is 47.6 Å². The van der Waals surface area contributed by atoms with Crippen molar-refractivity contribution in [3.63, 3.8) is 0 Å². The van der Waals surface area contributed by atoms with E-state index in [2.05, 4.69) is 28.2 Å². The molecule has 0 unspecified atom stereocenters. The number of nitrogens with zero attached hydrogens (tertiary/aromatic N) is 4. The highest BCUT2D eigenvalue weighted by Gasteiger charge is 2.14. The summed E-state index contributed by atoms with van der Waals surface area (Å²) in [5.41, 5.74) is 4.08. The fourth-order valence-corrected chi connectivity index (χ4v) is 4.09. The zero-order chi connectivity index (χ0) is 21.3. The van der Waals surface area contributed by atoms with Gasteiger partial charge in [-0.05, 0) is 43.2 Å². The number of aromatic nitrogens is 4. The van der Waals surface area contributed by atoms with E-state index in [-0.39, 0.29) is 12.4 Å². The molecule has 2 N–H and O–H groups in total. The van der Waals surface area contributed by atoms with Crippen LogP contribution in [0.2, 0.25) is 5.15 Å². The Morgan fingerprint density at radius 2 is 1.97 bits per heavy atom. The summed E-state index contributed by atoms with van der Waals surface area (Å²) in [7, 11) is 0. The fraction of sp³-hybridized carbons (Fsp3) is 0.190. The molecule has 30 heavy (non-hydrogen) atoms. The topological polar surface area (TPSA) is 78.9 Å². The lowest BCUT2D eigenvalue weighted by Crippen LogP contribution is -2.16. The van der Waals surface area contributed by atoms with Gasteiger partial charge in [-0.3, -0.25) is 0 Å². The average Bonchev–Trinajstić information content (AvgIpc) is 3.09. The van der Waals surface area contributed by atoms with E-state index in [1.54, 1.807) is 18.2 Å². The van der Waals surface area contributed by atoms with Crippen LogP contribution in [0.4, 0.5) is 4.39 Å². The normalized spacial score (nSPS) is 11.2. The molecule has 0 spiro atoms. The first-order valence-electron chi connectivity index (χ1n) is 9.19. The summed E-state index contributed by atoms with van der Waals surface area (Å²) in [4.78, 5) is 4.57. The van der Waals surface area contributed by atoms with Crippen molar-refractivity contribution in [2.24, 2.45) is 0 Å². The highest BCUT2D eigenvalue weighted by Crippen LogP contribution is 2.29. The van der Waals surface area contributed by atoms with Crippen molar-refractivity contribution in [2.75, 3.05) is 5.84 Å². The van der Waals surface area contributed by atoms with Crippen molar-refractivity contribution >= 4 is 34.3 Å². The summed E-state index contributed by atoms with van der Waals surface area (Å²) in [5.74, 6) is 6.68. The lowest BCUT2D eigenvalue weighted by atomic mass is 10.0.